The van der Waals surface area contributed by atoms with Crippen LogP contribution in [0.1, 0.15) is 31.6 Å². The number of carbonyl (C=O) groups is 1. The van der Waals surface area contributed by atoms with Crippen LogP contribution in [0.4, 0.5) is 0 Å². The molecule has 0 aliphatic carbocycles. The van der Waals surface area contributed by atoms with Gasteiger partial charge in [-0.2, -0.15) is 0 Å². The SMILES string of the molecule is CC(C)C(=O)CCCc1ccc(Cl)s1. The number of hydrogen-bond acceptors (Lipinski definition) is 2. The summed E-state index contributed by atoms with van der Waals surface area (Å²) in [7, 11) is 0. The molecule has 0 radical (unpaired) electrons. The molecule has 0 N–H and O–H groups in total. The van der Waals surface area contributed by atoms with Gasteiger partial charge in [-0.1, -0.05) is 25.4 Å². The molecule has 0 atom stereocenters. The first-order valence-corrected chi connectivity index (χ1v) is 6.06. The maximum Gasteiger partial charge on any atom is 0.135 e. The molecule has 0 unspecified atom stereocenters. The minimum atomic E-state index is 0.168. The Kier molecular flexibility index (Phi) is 4.63. The molecule has 1 aromatic rings. The maximum absolute atomic E-state index is 11.3. The Morgan fingerprint density at radius 1 is 1.50 bits per heavy atom. The Bertz CT molecular complexity index is 304. The van der Waals surface area contributed by atoms with Gasteiger partial charge in [-0.25, -0.2) is 0 Å². The molecule has 0 spiro atoms. The quantitative estimate of drug-likeness (QED) is 0.749. The van der Waals surface area contributed by atoms with E-state index in [2.05, 4.69) is 0 Å². The third-order valence-corrected chi connectivity index (χ3v) is 3.41. The molecule has 0 aromatic carbocycles. The summed E-state index contributed by atoms with van der Waals surface area (Å²) in [5.41, 5.74) is 0. The van der Waals surface area contributed by atoms with Crippen LogP contribution >= 0.6 is 22.9 Å². The molecular formula is C11H15ClOS. The van der Waals surface area contributed by atoms with Crippen molar-refractivity contribution in [1.82, 2.24) is 0 Å². The number of aryl methyl sites for hydroxylation is 1. The average Bonchev–Trinajstić information content (AvgIpc) is 2.51. The summed E-state index contributed by atoms with van der Waals surface area (Å²) in [5.74, 6) is 0.523. The van der Waals surface area contributed by atoms with E-state index >= 15 is 0 Å². The first-order chi connectivity index (χ1) is 6.59. The van der Waals surface area contributed by atoms with Gasteiger partial charge in [0.1, 0.15) is 5.78 Å². The van der Waals surface area contributed by atoms with E-state index in [-0.39, 0.29) is 5.92 Å². The Hall–Kier alpha value is -0.340. The van der Waals surface area contributed by atoms with Gasteiger partial charge < -0.3 is 0 Å². The lowest BCUT2D eigenvalue weighted by atomic mass is 10.0. The van der Waals surface area contributed by atoms with Crippen LogP contribution in [0.3, 0.4) is 0 Å². The summed E-state index contributed by atoms with van der Waals surface area (Å²) in [5, 5.41) is 0. The second kappa shape index (κ2) is 5.52. The second-order valence-corrected chi connectivity index (χ2v) is 5.48. The molecule has 0 fully saturated rings. The third-order valence-electron chi connectivity index (χ3n) is 2.12. The molecule has 1 heterocycles. The Morgan fingerprint density at radius 2 is 2.21 bits per heavy atom. The first-order valence-electron chi connectivity index (χ1n) is 4.86. The fraction of sp³-hybridized carbons (Fsp3) is 0.545. The molecule has 0 amide bonds. The molecule has 0 saturated carbocycles. The normalized spacial score (nSPS) is 10.9. The van der Waals surface area contributed by atoms with E-state index in [4.69, 9.17) is 11.6 Å². The largest absolute Gasteiger partial charge is 0.299 e. The van der Waals surface area contributed by atoms with Crippen LogP contribution in [0.2, 0.25) is 4.34 Å². The van der Waals surface area contributed by atoms with Crippen molar-refractivity contribution in [2.45, 2.75) is 33.1 Å². The minimum Gasteiger partial charge on any atom is -0.299 e. The van der Waals surface area contributed by atoms with Gasteiger partial charge in [-0.05, 0) is 25.0 Å². The summed E-state index contributed by atoms with van der Waals surface area (Å²) in [6, 6.07) is 3.94. The second-order valence-electron chi connectivity index (χ2n) is 3.68. The number of hydrogen-bond donors (Lipinski definition) is 0. The van der Waals surface area contributed by atoms with E-state index in [1.807, 2.05) is 26.0 Å². The van der Waals surface area contributed by atoms with Crippen LogP contribution in [-0.2, 0) is 11.2 Å². The van der Waals surface area contributed by atoms with Crippen molar-refractivity contribution in [2.75, 3.05) is 0 Å². The van der Waals surface area contributed by atoms with Crippen molar-refractivity contribution in [3.8, 4) is 0 Å². The highest BCUT2D eigenvalue weighted by Gasteiger charge is 2.06. The van der Waals surface area contributed by atoms with Gasteiger partial charge in [0.15, 0.2) is 0 Å². The van der Waals surface area contributed by atoms with Gasteiger partial charge in [-0.3, -0.25) is 4.79 Å². The Labute approximate surface area is 94.1 Å². The van der Waals surface area contributed by atoms with E-state index in [0.717, 1.165) is 17.2 Å². The molecule has 0 aliphatic heterocycles. The summed E-state index contributed by atoms with van der Waals surface area (Å²) in [4.78, 5) is 12.6. The lowest BCUT2D eigenvalue weighted by molar-refractivity contribution is -0.121. The predicted octanol–water partition coefficient (Wildman–Crippen LogP) is 3.95. The molecule has 14 heavy (non-hydrogen) atoms. The van der Waals surface area contributed by atoms with E-state index in [1.165, 1.54) is 4.88 Å². The first kappa shape index (κ1) is 11.7. The molecule has 0 bridgehead atoms. The van der Waals surface area contributed by atoms with E-state index in [1.54, 1.807) is 11.3 Å². The van der Waals surface area contributed by atoms with Crippen molar-refractivity contribution >= 4 is 28.7 Å². The fourth-order valence-corrected chi connectivity index (χ4v) is 2.34. The van der Waals surface area contributed by atoms with Crippen LogP contribution in [0.5, 0.6) is 0 Å². The molecule has 1 aromatic heterocycles. The summed E-state index contributed by atoms with van der Waals surface area (Å²) in [6.45, 7) is 3.90. The predicted molar refractivity (Wildman–Crippen MR) is 62.1 cm³/mol. The average molecular weight is 231 g/mol. The smallest absolute Gasteiger partial charge is 0.135 e. The van der Waals surface area contributed by atoms with Gasteiger partial charge >= 0.3 is 0 Å². The summed E-state index contributed by atoms with van der Waals surface area (Å²) < 4.78 is 0.829. The lowest BCUT2D eigenvalue weighted by Crippen LogP contribution is -2.06. The molecular weight excluding hydrogens is 216 g/mol. The maximum atomic E-state index is 11.3. The van der Waals surface area contributed by atoms with Crippen LogP contribution < -0.4 is 0 Å². The number of carbonyl (C=O) groups excluding carboxylic acids is 1. The monoisotopic (exact) mass is 230 g/mol. The molecule has 1 nitrogen and oxygen atoms in total. The summed E-state index contributed by atoms with van der Waals surface area (Å²) in [6.07, 6.45) is 2.59. The van der Waals surface area contributed by atoms with Crippen LogP contribution in [0, 0.1) is 5.92 Å². The number of ketones is 1. The zero-order chi connectivity index (χ0) is 10.6. The number of Topliss-reactive ketones (excluding diaryl/α,β-unsaturated/α-hetero) is 1. The van der Waals surface area contributed by atoms with Crippen LogP contribution in [0.25, 0.3) is 0 Å². The number of rotatable bonds is 5. The van der Waals surface area contributed by atoms with Crippen molar-refractivity contribution in [2.24, 2.45) is 5.92 Å². The Morgan fingerprint density at radius 3 is 2.71 bits per heavy atom. The van der Waals surface area contributed by atoms with Gasteiger partial charge in [0, 0.05) is 17.2 Å². The van der Waals surface area contributed by atoms with Gasteiger partial charge in [0.05, 0.1) is 4.34 Å². The highest BCUT2D eigenvalue weighted by atomic mass is 35.5. The number of thiophene rings is 1. The van der Waals surface area contributed by atoms with Gasteiger partial charge in [0.2, 0.25) is 0 Å². The molecule has 0 saturated heterocycles. The van der Waals surface area contributed by atoms with Crippen molar-refractivity contribution < 1.29 is 4.79 Å². The topological polar surface area (TPSA) is 17.1 Å². The van der Waals surface area contributed by atoms with Crippen LogP contribution in [-0.4, -0.2) is 5.78 Å². The van der Waals surface area contributed by atoms with Crippen molar-refractivity contribution in [3.63, 3.8) is 0 Å². The molecule has 1 rings (SSSR count). The lowest BCUT2D eigenvalue weighted by Gasteiger charge is -2.02. The van der Waals surface area contributed by atoms with Gasteiger partial charge in [0.25, 0.3) is 0 Å². The van der Waals surface area contributed by atoms with Gasteiger partial charge in [-0.15, -0.1) is 11.3 Å². The minimum absolute atomic E-state index is 0.168. The standard InChI is InChI=1S/C11H15ClOS/c1-8(2)10(13)5-3-4-9-6-7-11(12)14-9/h6-8H,3-5H2,1-2H3. The Balaban J connectivity index is 2.25. The molecule has 3 heteroatoms. The van der Waals surface area contributed by atoms with E-state index in [0.29, 0.717) is 12.2 Å². The highest BCUT2D eigenvalue weighted by Crippen LogP contribution is 2.22. The van der Waals surface area contributed by atoms with Crippen molar-refractivity contribution in [1.29, 1.82) is 0 Å². The highest BCUT2D eigenvalue weighted by molar-refractivity contribution is 7.16. The molecule has 78 valence electrons. The van der Waals surface area contributed by atoms with Crippen LogP contribution in [0.15, 0.2) is 12.1 Å². The zero-order valence-corrected chi connectivity index (χ0v) is 10.1. The van der Waals surface area contributed by atoms with E-state index < -0.39 is 0 Å². The van der Waals surface area contributed by atoms with E-state index in [9.17, 15) is 4.79 Å². The fourth-order valence-electron chi connectivity index (χ4n) is 1.21. The third kappa shape index (κ3) is 3.81. The summed E-state index contributed by atoms with van der Waals surface area (Å²) >= 11 is 7.41. The number of halogens is 1. The molecule has 0 aliphatic rings. The van der Waals surface area contributed by atoms with Crippen molar-refractivity contribution in [3.05, 3.63) is 21.3 Å². The zero-order valence-electron chi connectivity index (χ0n) is 8.55.